The number of H-pyrrole nitrogens is 2. The molecule has 9 nitrogen and oxygen atoms in total. The lowest BCUT2D eigenvalue weighted by atomic mass is 9.97. The number of aromatic nitrogens is 3. The van der Waals surface area contributed by atoms with Crippen molar-refractivity contribution in [2.75, 3.05) is 13.7 Å². The van der Waals surface area contributed by atoms with Crippen LogP contribution in [0.4, 0.5) is 0 Å². The Morgan fingerprint density at radius 1 is 1.12 bits per heavy atom. The summed E-state index contributed by atoms with van der Waals surface area (Å²) in [6, 6.07) is 0. The Morgan fingerprint density at radius 2 is 1.88 bits per heavy atom. The van der Waals surface area contributed by atoms with Crippen LogP contribution in [0.5, 0.6) is 0 Å². The molecule has 0 saturated heterocycles. The molecule has 174 valence electrons. The van der Waals surface area contributed by atoms with Crippen molar-refractivity contribution >= 4 is 39.3 Å². The quantitative estimate of drug-likeness (QED) is 0.400. The SMILES string of the molecule is COC(=O)c1c(C)[nH]c(C(=O)COC(=O)CCc2nc3sc4c(c3c(=O)[nH]2)CCCC4)c1C. The summed E-state index contributed by atoms with van der Waals surface area (Å²) in [5, 5.41) is 0.676. The van der Waals surface area contributed by atoms with Gasteiger partial charge >= 0.3 is 11.9 Å². The Hall–Kier alpha value is -3.27. The Kier molecular flexibility index (Phi) is 6.46. The van der Waals surface area contributed by atoms with Crippen molar-refractivity contribution in [3.8, 4) is 0 Å². The molecular formula is C23H25N3O6S. The molecule has 3 aromatic rings. The minimum Gasteiger partial charge on any atom is -0.465 e. The predicted molar refractivity (Wildman–Crippen MR) is 122 cm³/mol. The zero-order valence-corrected chi connectivity index (χ0v) is 19.6. The number of aromatic amines is 2. The van der Waals surface area contributed by atoms with Crippen LogP contribution in [0.3, 0.4) is 0 Å². The van der Waals surface area contributed by atoms with Crippen LogP contribution < -0.4 is 5.56 Å². The predicted octanol–water partition coefficient (Wildman–Crippen LogP) is 2.95. The fraction of sp³-hybridized carbons (Fsp3) is 0.435. The Labute approximate surface area is 193 Å². The van der Waals surface area contributed by atoms with Gasteiger partial charge in [0.2, 0.25) is 5.78 Å². The standard InChI is InChI=1S/C23H25N3O6S/c1-11-18(23(30)31-3)12(2)24-20(11)14(27)10-32-17(28)9-8-16-25-21(29)19-13-6-4-5-7-15(13)33-22(19)26-16/h24H,4-10H2,1-3H3,(H,25,26,29). The first kappa shape index (κ1) is 22.9. The molecule has 0 atom stereocenters. The van der Waals surface area contributed by atoms with Crippen molar-refractivity contribution in [3.63, 3.8) is 0 Å². The summed E-state index contributed by atoms with van der Waals surface area (Å²) in [4.78, 5) is 61.3. The number of nitrogens with zero attached hydrogens (tertiary/aromatic N) is 1. The lowest BCUT2D eigenvalue weighted by molar-refractivity contribution is -0.142. The minimum atomic E-state index is -0.578. The van der Waals surface area contributed by atoms with E-state index in [9.17, 15) is 19.2 Å². The average Bonchev–Trinajstić information content (AvgIpc) is 3.32. The van der Waals surface area contributed by atoms with Gasteiger partial charge in [-0.15, -0.1) is 11.3 Å². The minimum absolute atomic E-state index is 0.0248. The average molecular weight is 472 g/mol. The topological polar surface area (TPSA) is 131 Å². The molecule has 0 aromatic carbocycles. The van der Waals surface area contributed by atoms with Crippen LogP contribution in [-0.2, 0) is 33.5 Å². The van der Waals surface area contributed by atoms with Crippen molar-refractivity contribution in [2.24, 2.45) is 0 Å². The smallest absolute Gasteiger partial charge is 0.339 e. The van der Waals surface area contributed by atoms with Crippen LogP contribution in [0.1, 0.15) is 67.6 Å². The third-order valence-electron chi connectivity index (χ3n) is 5.91. The van der Waals surface area contributed by atoms with Crippen molar-refractivity contribution in [2.45, 2.75) is 52.4 Å². The Balaban J connectivity index is 1.37. The van der Waals surface area contributed by atoms with E-state index in [0.717, 1.165) is 31.2 Å². The van der Waals surface area contributed by atoms with Crippen molar-refractivity contribution < 1.29 is 23.9 Å². The third kappa shape index (κ3) is 4.47. The fourth-order valence-corrected chi connectivity index (χ4v) is 5.56. The second kappa shape index (κ2) is 9.30. The second-order valence-electron chi connectivity index (χ2n) is 8.10. The van der Waals surface area contributed by atoms with Crippen LogP contribution in [0.15, 0.2) is 4.79 Å². The van der Waals surface area contributed by atoms with Crippen LogP contribution in [-0.4, -0.2) is 46.4 Å². The molecule has 4 rings (SSSR count). The van der Waals surface area contributed by atoms with E-state index in [4.69, 9.17) is 9.47 Å². The fourth-order valence-electron chi connectivity index (χ4n) is 4.27. The maximum absolute atomic E-state index is 12.6. The number of fused-ring (bicyclic) bond motifs is 3. The maximum atomic E-state index is 12.6. The highest BCUT2D eigenvalue weighted by atomic mass is 32.1. The summed E-state index contributed by atoms with van der Waals surface area (Å²) >= 11 is 1.55. The van der Waals surface area contributed by atoms with Gasteiger partial charge in [0.15, 0.2) is 6.61 Å². The number of Topliss-reactive ketones (excluding diaryl/α,β-unsaturated/α-hetero) is 1. The molecule has 1 aliphatic rings. The molecule has 0 unspecified atom stereocenters. The molecule has 10 heteroatoms. The van der Waals surface area contributed by atoms with Gasteiger partial charge in [0.05, 0.1) is 30.2 Å². The highest BCUT2D eigenvalue weighted by Gasteiger charge is 2.23. The van der Waals surface area contributed by atoms with Gasteiger partial charge in [-0.1, -0.05) is 0 Å². The number of ketones is 1. The number of esters is 2. The van der Waals surface area contributed by atoms with Crippen LogP contribution >= 0.6 is 11.3 Å². The summed E-state index contributed by atoms with van der Waals surface area (Å²) in [5.41, 5.74) is 2.41. The molecular weight excluding hydrogens is 446 g/mol. The number of aryl methyl sites for hydroxylation is 4. The molecule has 33 heavy (non-hydrogen) atoms. The number of carbonyl (C=O) groups is 3. The molecule has 0 aliphatic heterocycles. The molecule has 0 bridgehead atoms. The van der Waals surface area contributed by atoms with E-state index in [0.29, 0.717) is 32.9 Å². The van der Waals surface area contributed by atoms with Crippen LogP contribution in [0, 0.1) is 13.8 Å². The number of hydrogen-bond acceptors (Lipinski definition) is 8. The first-order valence-corrected chi connectivity index (χ1v) is 11.6. The van der Waals surface area contributed by atoms with E-state index >= 15 is 0 Å². The maximum Gasteiger partial charge on any atom is 0.339 e. The molecule has 0 fully saturated rings. The molecule has 1 aliphatic carbocycles. The molecule has 3 aromatic heterocycles. The number of ether oxygens (including phenoxy) is 2. The molecule has 3 heterocycles. The number of carbonyl (C=O) groups excluding carboxylic acids is 3. The van der Waals surface area contributed by atoms with Gasteiger partial charge in [-0.25, -0.2) is 9.78 Å². The highest BCUT2D eigenvalue weighted by Crippen LogP contribution is 2.33. The molecule has 0 saturated carbocycles. The monoisotopic (exact) mass is 471 g/mol. The zero-order chi connectivity index (χ0) is 23.7. The van der Waals surface area contributed by atoms with E-state index in [1.807, 2.05) is 0 Å². The summed E-state index contributed by atoms with van der Waals surface area (Å²) in [7, 11) is 1.27. The molecule has 0 amide bonds. The summed E-state index contributed by atoms with van der Waals surface area (Å²) in [6.07, 6.45) is 4.26. The third-order valence-corrected chi connectivity index (χ3v) is 7.10. The van der Waals surface area contributed by atoms with Crippen molar-refractivity contribution in [1.82, 2.24) is 15.0 Å². The normalized spacial score (nSPS) is 13.1. The summed E-state index contributed by atoms with van der Waals surface area (Å²) in [6.45, 7) is 2.84. The van der Waals surface area contributed by atoms with Crippen LogP contribution in [0.25, 0.3) is 10.2 Å². The highest BCUT2D eigenvalue weighted by molar-refractivity contribution is 7.18. The first-order chi connectivity index (χ1) is 15.8. The Bertz CT molecular complexity index is 1320. The van der Waals surface area contributed by atoms with E-state index in [-0.39, 0.29) is 24.1 Å². The van der Waals surface area contributed by atoms with Crippen molar-refractivity contribution in [3.05, 3.63) is 49.1 Å². The number of nitrogens with one attached hydrogen (secondary N) is 2. The van der Waals surface area contributed by atoms with Gasteiger partial charge in [-0.3, -0.25) is 14.4 Å². The number of rotatable bonds is 7. The van der Waals surface area contributed by atoms with Gasteiger partial charge in [0.1, 0.15) is 10.7 Å². The molecule has 0 spiro atoms. The first-order valence-electron chi connectivity index (χ1n) is 10.8. The van der Waals surface area contributed by atoms with E-state index in [1.54, 1.807) is 25.2 Å². The van der Waals surface area contributed by atoms with Gasteiger partial charge in [-0.05, 0) is 50.7 Å². The van der Waals surface area contributed by atoms with E-state index < -0.39 is 24.3 Å². The Morgan fingerprint density at radius 3 is 2.64 bits per heavy atom. The molecule has 0 radical (unpaired) electrons. The molecule has 2 N–H and O–H groups in total. The van der Waals surface area contributed by atoms with E-state index in [1.165, 1.54) is 12.0 Å². The largest absolute Gasteiger partial charge is 0.465 e. The summed E-state index contributed by atoms with van der Waals surface area (Å²) in [5.74, 6) is -1.14. The van der Waals surface area contributed by atoms with Gasteiger partial charge in [0.25, 0.3) is 5.56 Å². The van der Waals surface area contributed by atoms with Crippen LogP contribution in [0.2, 0.25) is 0 Å². The number of hydrogen-bond donors (Lipinski definition) is 2. The van der Waals surface area contributed by atoms with Gasteiger partial charge in [0, 0.05) is 17.0 Å². The lowest BCUT2D eigenvalue weighted by Crippen LogP contribution is -2.17. The second-order valence-corrected chi connectivity index (χ2v) is 9.19. The lowest BCUT2D eigenvalue weighted by Gasteiger charge is -2.09. The van der Waals surface area contributed by atoms with Crippen molar-refractivity contribution in [1.29, 1.82) is 0 Å². The van der Waals surface area contributed by atoms with E-state index in [2.05, 4.69) is 15.0 Å². The van der Waals surface area contributed by atoms with Gasteiger partial charge < -0.3 is 19.4 Å². The zero-order valence-electron chi connectivity index (χ0n) is 18.8. The number of thiophene rings is 1. The number of methoxy groups -OCH3 is 1. The summed E-state index contributed by atoms with van der Waals surface area (Å²) < 4.78 is 9.85. The van der Waals surface area contributed by atoms with Gasteiger partial charge in [-0.2, -0.15) is 0 Å².